The predicted molar refractivity (Wildman–Crippen MR) is 78.1 cm³/mol. The molecule has 0 bridgehead atoms. The zero-order valence-corrected chi connectivity index (χ0v) is 13.3. The van der Waals surface area contributed by atoms with Crippen LogP contribution in [-0.2, 0) is 16.6 Å². The van der Waals surface area contributed by atoms with E-state index in [9.17, 15) is 8.42 Å². The summed E-state index contributed by atoms with van der Waals surface area (Å²) in [5.74, 6) is 1.14. The summed E-state index contributed by atoms with van der Waals surface area (Å²) in [6, 6.07) is 0. The molecular weight excluding hydrogens is 276 g/mol. The number of furan rings is 1. The molecule has 1 aliphatic heterocycles. The van der Waals surface area contributed by atoms with E-state index in [1.807, 2.05) is 6.92 Å². The summed E-state index contributed by atoms with van der Waals surface area (Å²) in [4.78, 5) is 0.332. The van der Waals surface area contributed by atoms with Crippen LogP contribution in [0.25, 0.3) is 0 Å². The van der Waals surface area contributed by atoms with Gasteiger partial charge in [-0.2, -0.15) is 4.31 Å². The van der Waals surface area contributed by atoms with Crippen LogP contribution in [0.3, 0.4) is 0 Å². The summed E-state index contributed by atoms with van der Waals surface area (Å²) >= 11 is 0. The predicted octanol–water partition coefficient (Wildman–Crippen LogP) is 1.96. The SMILES string of the molecule is CNCc1c(C)oc(C)c1S(=O)(=O)N1CCC=C(C)C1. The van der Waals surface area contributed by atoms with Gasteiger partial charge in [-0.25, -0.2) is 8.42 Å². The molecule has 1 aromatic heterocycles. The van der Waals surface area contributed by atoms with Crippen LogP contribution in [0, 0.1) is 13.8 Å². The number of aryl methyl sites for hydroxylation is 2. The van der Waals surface area contributed by atoms with Crippen LogP contribution >= 0.6 is 0 Å². The first-order valence-electron chi connectivity index (χ1n) is 6.77. The summed E-state index contributed by atoms with van der Waals surface area (Å²) in [5, 5.41) is 3.01. The van der Waals surface area contributed by atoms with E-state index < -0.39 is 10.0 Å². The zero-order chi connectivity index (χ0) is 14.9. The van der Waals surface area contributed by atoms with E-state index in [0.29, 0.717) is 36.1 Å². The first-order chi connectivity index (χ1) is 9.37. The molecule has 1 N–H and O–H groups in total. The number of sulfonamides is 1. The second kappa shape index (κ2) is 5.71. The van der Waals surface area contributed by atoms with Crippen molar-refractivity contribution in [2.45, 2.75) is 38.6 Å². The standard InChI is InChI=1S/C14H22N2O3S/c1-10-6-5-7-16(9-10)20(17,18)14-12(3)19-11(2)13(14)8-15-4/h6,15H,5,7-9H2,1-4H3. The number of hydrogen-bond donors (Lipinski definition) is 1. The van der Waals surface area contributed by atoms with Gasteiger partial charge in [0.05, 0.1) is 0 Å². The number of rotatable bonds is 4. The Morgan fingerprint density at radius 1 is 1.30 bits per heavy atom. The summed E-state index contributed by atoms with van der Waals surface area (Å²) in [7, 11) is -1.70. The largest absolute Gasteiger partial charge is 0.465 e. The van der Waals surface area contributed by atoms with Gasteiger partial charge in [-0.3, -0.25) is 0 Å². The van der Waals surface area contributed by atoms with E-state index in [-0.39, 0.29) is 0 Å². The van der Waals surface area contributed by atoms with Gasteiger partial charge < -0.3 is 9.73 Å². The Balaban J connectivity index is 2.47. The minimum Gasteiger partial charge on any atom is -0.465 e. The summed E-state index contributed by atoms with van der Waals surface area (Å²) in [6.45, 7) is 6.96. The molecule has 2 rings (SSSR count). The Morgan fingerprint density at radius 3 is 2.60 bits per heavy atom. The third kappa shape index (κ3) is 2.68. The van der Waals surface area contributed by atoms with Crippen molar-refractivity contribution in [2.75, 3.05) is 20.1 Å². The molecule has 0 amide bonds. The smallest absolute Gasteiger partial charge is 0.247 e. The molecule has 0 aliphatic carbocycles. The average Bonchev–Trinajstić information content (AvgIpc) is 2.65. The van der Waals surface area contributed by atoms with Gasteiger partial charge in [0.1, 0.15) is 16.4 Å². The minimum absolute atomic E-state index is 0.332. The average molecular weight is 298 g/mol. The maximum absolute atomic E-state index is 12.9. The third-order valence-corrected chi connectivity index (χ3v) is 5.61. The molecule has 0 saturated heterocycles. The van der Waals surface area contributed by atoms with Gasteiger partial charge in [0.25, 0.3) is 0 Å². The molecule has 0 spiro atoms. The van der Waals surface area contributed by atoms with Crippen LogP contribution in [0.2, 0.25) is 0 Å². The Hall–Kier alpha value is -1.11. The minimum atomic E-state index is -3.50. The molecule has 20 heavy (non-hydrogen) atoms. The van der Waals surface area contributed by atoms with Gasteiger partial charge in [0.2, 0.25) is 10.0 Å². The molecule has 0 fully saturated rings. The second-order valence-electron chi connectivity index (χ2n) is 5.23. The summed E-state index contributed by atoms with van der Waals surface area (Å²) < 4.78 is 32.8. The fraction of sp³-hybridized carbons (Fsp3) is 0.571. The molecule has 0 atom stereocenters. The fourth-order valence-electron chi connectivity index (χ4n) is 2.64. The van der Waals surface area contributed by atoms with E-state index in [4.69, 9.17) is 4.42 Å². The highest BCUT2D eigenvalue weighted by molar-refractivity contribution is 7.89. The zero-order valence-electron chi connectivity index (χ0n) is 12.5. The molecule has 112 valence electrons. The van der Waals surface area contributed by atoms with Crippen molar-refractivity contribution in [3.63, 3.8) is 0 Å². The van der Waals surface area contributed by atoms with Gasteiger partial charge in [0, 0.05) is 25.2 Å². The van der Waals surface area contributed by atoms with Crippen LogP contribution in [0.15, 0.2) is 21.0 Å². The highest BCUT2D eigenvalue weighted by Gasteiger charge is 2.32. The Bertz CT molecular complexity index is 629. The molecule has 2 heterocycles. The van der Waals surface area contributed by atoms with Crippen LogP contribution in [0.1, 0.15) is 30.4 Å². The molecule has 1 aliphatic rings. The maximum atomic E-state index is 12.9. The molecule has 0 saturated carbocycles. The summed E-state index contributed by atoms with van der Waals surface area (Å²) in [6.07, 6.45) is 2.86. The second-order valence-corrected chi connectivity index (χ2v) is 7.10. The van der Waals surface area contributed by atoms with Crippen molar-refractivity contribution < 1.29 is 12.8 Å². The van der Waals surface area contributed by atoms with Gasteiger partial charge in [0.15, 0.2) is 0 Å². The van der Waals surface area contributed by atoms with E-state index >= 15 is 0 Å². The van der Waals surface area contributed by atoms with E-state index in [1.54, 1.807) is 25.2 Å². The lowest BCUT2D eigenvalue weighted by Gasteiger charge is -2.25. The molecule has 5 nitrogen and oxygen atoms in total. The van der Waals surface area contributed by atoms with Crippen molar-refractivity contribution in [2.24, 2.45) is 0 Å². The van der Waals surface area contributed by atoms with Crippen molar-refractivity contribution in [1.82, 2.24) is 9.62 Å². The lowest BCUT2D eigenvalue weighted by molar-refractivity contribution is 0.424. The number of nitrogens with zero attached hydrogens (tertiary/aromatic N) is 1. The topological polar surface area (TPSA) is 62.6 Å². The van der Waals surface area contributed by atoms with Crippen LogP contribution < -0.4 is 5.32 Å². The van der Waals surface area contributed by atoms with Crippen molar-refractivity contribution in [1.29, 1.82) is 0 Å². The van der Waals surface area contributed by atoms with Gasteiger partial charge in [-0.15, -0.1) is 0 Å². The first-order valence-corrected chi connectivity index (χ1v) is 8.21. The fourth-order valence-corrected chi connectivity index (χ4v) is 4.55. The number of hydrogen-bond acceptors (Lipinski definition) is 4. The lowest BCUT2D eigenvalue weighted by Crippen LogP contribution is -2.36. The van der Waals surface area contributed by atoms with Crippen molar-refractivity contribution in [3.05, 3.63) is 28.7 Å². The molecular formula is C14H22N2O3S. The van der Waals surface area contributed by atoms with Gasteiger partial charge in [-0.05, 0) is 34.2 Å². The molecule has 0 aromatic carbocycles. The van der Waals surface area contributed by atoms with Gasteiger partial charge >= 0.3 is 0 Å². The third-order valence-electron chi connectivity index (χ3n) is 3.57. The van der Waals surface area contributed by atoms with E-state index in [1.165, 1.54) is 0 Å². The lowest BCUT2D eigenvalue weighted by atomic mass is 10.2. The molecule has 1 aromatic rings. The monoisotopic (exact) mass is 298 g/mol. The van der Waals surface area contributed by atoms with Crippen molar-refractivity contribution in [3.8, 4) is 0 Å². The quantitative estimate of drug-likeness (QED) is 0.863. The molecule has 6 heteroatoms. The Morgan fingerprint density at radius 2 is 2.00 bits per heavy atom. The highest BCUT2D eigenvalue weighted by Crippen LogP contribution is 2.30. The molecule has 0 radical (unpaired) electrons. The Kier molecular flexibility index (Phi) is 4.36. The van der Waals surface area contributed by atoms with E-state index in [2.05, 4.69) is 11.4 Å². The first kappa shape index (κ1) is 15.3. The van der Waals surface area contributed by atoms with E-state index in [0.717, 1.165) is 17.6 Å². The van der Waals surface area contributed by atoms with Crippen molar-refractivity contribution >= 4 is 10.0 Å². The normalized spacial score (nSPS) is 17.3. The number of nitrogens with one attached hydrogen (secondary N) is 1. The highest BCUT2D eigenvalue weighted by atomic mass is 32.2. The Labute approximate surface area is 120 Å². The summed E-state index contributed by atoms with van der Waals surface area (Å²) in [5.41, 5.74) is 1.82. The van der Waals surface area contributed by atoms with Crippen LogP contribution in [0.5, 0.6) is 0 Å². The van der Waals surface area contributed by atoms with Gasteiger partial charge in [-0.1, -0.05) is 11.6 Å². The molecule has 0 unspecified atom stereocenters. The van der Waals surface area contributed by atoms with Crippen LogP contribution in [0.4, 0.5) is 0 Å². The van der Waals surface area contributed by atoms with Crippen LogP contribution in [-0.4, -0.2) is 32.9 Å². The maximum Gasteiger partial charge on any atom is 0.247 e.